The predicted octanol–water partition coefficient (Wildman–Crippen LogP) is 3.30. The van der Waals surface area contributed by atoms with Crippen molar-refractivity contribution >= 4 is 23.4 Å². The monoisotopic (exact) mass is 245 g/mol. The van der Waals surface area contributed by atoms with E-state index >= 15 is 0 Å². The number of hydrogen-bond acceptors (Lipinski definition) is 3. The molecule has 0 spiro atoms. The van der Waals surface area contributed by atoms with E-state index in [4.69, 9.17) is 5.11 Å². The smallest absolute Gasteiger partial charge is 0.307 e. The van der Waals surface area contributed by atoms with E-state index in [1.165, 1.54) is 0 Å². The van der Waals surface area contributed by atoms with Crippen LogP contribution >= 0.6 is 11.3 Å². The van der Waals surface area contributed by atoms with Gasteiger partial charge in [-0.15, -0.1) is 11.3 Å². The Morgan fingerprint density at radius 2 is 2.24 bits per heavy atom. The van der Waals surface area contributed by atoms with Crippen molar-refractivity contribution < 1.29 is 9.90 Å². The first-order valence-electron chi connectivity index (χ1n) is 5.15. The van der Waals surface area contributed by atoms with Gasteiger partial charge in [0.25, 0.3) is 0 Å². The van der Waals surface area contributed by atoms with E-state index in [0.29, 0.717) is 0 Å². The van der Waals surface area contributed by atoms with Crippen molar-refractivity contribution in [2.75, 3.05) is 0 Å². The maximum Gasteiger partial charge on any atom is 0.307 e. The van der Waals surface area contributed by atoms with E-state index in [9.17, 15) is 4.79 Å². The van der Waals surface area contributed by atoms with Gasteiger partial charge in [-0.25, -0.2) is 0 Å². The maximum absolute atomic E-state index is 10.4. The van der Waals surface area contributed by atoms with Gasteiger partial charge in [0.1, 0.15) is 0 Å². The minimum Gasteiger partial charge on any atom is -0.481 e. The van der Waals surface area contributed by atoms with Crippen molar-refractivity contribution in [3.8, 4) is 10.6 Å². The lowest BCUT2D eigenvalue weighted by molar-refractivity contribution is -0.135. The van der Waals surface area contributed by atoms with Gasteiger partial charge in [-0.3, -0.25) is 9.78 Å². The first-order chi connectivity index (χ1) is 8.25. The molecule has 0 unspecified atom stereocenters. The molecule has 0 saturated carbocycles. The summed E-state index contributed by atoms with van der Waals surface area (Å²) in [7, 11) is 0. The molecule has 0 radical (unpaired) electrons. The zero-order chi connectivity index (χ0) is 12.1. The second-order valence-electron chi connectivity index (χ2n) is 3.42. The Balaban J connectivity index is 2.11. The van der Waals surface area contributed by atoms with Gasteiger partial charge in [0.2, 0.25) is 0 Å². The molecule has 0 aliphatic rings. The van der Waals surface area contributed by atoms with Crippen molar-refractivity contribution in [1.29, 1.82) is 0 Å². The van der Waals surface area contributed by atoms with Gasteiger partial charge < -0.3 is 5.11 Å². The van der Waals surface area contributed by atoms with Crippen LogP contribution in [0.15, 0.2) is 42.6 Å². The van der Waals surface area contributed by atoms with Crippen molar-refractivity contribution in [2.45, 2.75) is 6.42 Å². The van der Waals surface area contributed by atoms with E-state index in [-0.39, 0.29) is 6.42 Å². The molecule has 3 nitrogen and oxygen atoms in total. The number of thiophene rings is 1. The average Bonchev–Trinajstić information content (AvgIpc) is 2.78. The summed E-state index contributed by atoms with van der Waals surface area (Å²) >= 11 is 1.60. The van der Waals surface area contributed by atoms with E-state index in [2.05, 4.69) is 4.98 Å². The minimum atomic E-state index is -0.817. The van der Waals surface area contributed by atoms with Crippen LogP contribution in [0.25, 0.3) is 16.6 Å². The molecule has 0 atom stereocenters. The molecule has 0 aliphatic carbocycles. The topological polar surface area (TPSA) is 50.2 Å². The number of hydrogen-bond donors (Lipinski definition) is 1. The number of aromatic nitrogens is 1. The third-order valence-electron chi connectivity index (χ3n) is 2.12. The zero-order valence-electron chi connectivity index (χ0n) is 9.04. The molecule has 2 aromatic rings. The van der Waals surface area contributed by atoms with Gasteiger partial charge in [-0.2, -0.15) is 0 Å². The maximum atomic E-state index is 10.4. The van der Waals surface area contributed by atoms with Crippen molar-refractivity contribution in [3.05, 3.63) is 47.5 Å². The fourth-order valence-corrected chi connectivity index (χ4v) is 2.28. The van der Waals surface area contributed by atoms with Gasteiger partial charge >= 0.3 is 5.97 Å². The molecule has 0 fully saturated rings. The second-order valence-corrected chi connectivity index (χ2v) is 4.53. The van der Waals surface area contributed by atoms with E-state index < -0.39 is 5.97 Å². The molecule has 0 saturated heterocycles. The van der Waals surface area contributed by atoms with Gasteiger partial charge in [0.05, 0.1) is 17.0 Å². The number of aliphatic carboxylic acids is 1. The number of carboxylic acids is 1. The number of carboxylic acid groups (broad SMARTS) is 1. The summed E-state index contributed by atoms with van der Waals surface area (Å²) < 4.78 is 0. The normalized spacial score (nSPS) is 10.8. The fraction of sp³-hybridized carbons (Fsp3) is 0.0769. The summed E-state index contributed by atoms with van der Waals surface area (Å²) in [6, 6.07) is 9.74. The third-order valence-corrected chi connectivity index (χ3v) is 3.19. The summed E-state index contributed by atoms with van der Waals surface area (Å²) in [5.74, 6) is -0.817. The Morgan fingerprint density at radius 1 is 1.35 bits per heavy atom. The highest BCUT2D eigenvalue weighted by Gasteiger charge is 2.01. The first-order valence-corrected chi connectivity index (χ1v) is 5.97. The average molecular weight is 245 g/mol. The molecule has 0 amide bonds. The van der Waals surface area contributed by atoms with Crippen molar-refractivity contribution in [2.24, 2.45) is 0 Å². The fourth-order valence-electron chi connectivity index (χ4n) is 1.36. The molecule has 0 bridgehead atoms. The highest BCUT2D eigenvalue weighted by molar-refractivity contribution is 7.16. The molecule has 0 aliphatic heterocycles. The van der Waals surface area contributed by atoms with Gasteiger partial charge in [0, 0.05) is 11.1 Å². The Hall–Kier alpha value is -1.94. The molecule has 4 heteroatoms. The van der Waals surface area contributed by atoms with Gasteiger partial charge in [-0.05, 0) is 30.3 Å². The van der Waals surface area contributed by atoms with Crippen molar-refractivity contribution in [3.63, 3.8) is 0 Å². The van der Waals surface area contributed by atoms with E-state index in [0.717, 1.165) is 15.4 Å². The summed E-state index contributed by atoms with van der Waals surface area (Å²) in [5.41, 5.74) is 0.940. The summed E-state index contributed by atoms with van der Waals surface area (Å²) in [6.45, 7) is 0. The molecule has 2 aromatic heterocycles. The van der Waals surface area contributed by atoms with Gasteiger partial charge in [-0.1, -0.05) is 12.1 Å². The van der Waals surface area contributed by atoms with Crippen LogP contribution < -0.4 is 0 Å². The van der Waals surface area contributed by atoms with Crippen LogP contribution in [-0.2, 0) is 4.79 Å². The lowest BCUT2D eigenvalue weighted by atomic mass is 10.3. The molecule has 86 valence electrons. The largest absolute Gasteiger partial charge is 0.481 e. The van der Waals surface area contributed by atoms with Crippen LogP contribution in [-0.4, -0.2) is 16.1 Å². The van der Waals surface area contributed by atoms with E-state index in [1.807, 2.05) is 36.4 Å². The molecule has 1 N–H and O–H groups in total. The number of nitrogens with zero attached hydrogens (tertiary/aromatic N) is 1. The van der Waals surface area contributed by atoms with Crippen LogP contribution in [0.1, 0.15) is 11.3 Å². The highest BCUT2D eigenvalue weighted by Crippen LogP contribution is 2.27. The first kappa shape index (κ1) is 11.5. The lowest BCUT2D eigenvalue weighted by Crippen LogP contribution is -1.89. The Morgan fingerprint density at radius 3 is 2.94 bits per heavy atom. The Labute approximate surface area is 103 Å². The summed E-state index contributed by atoms with van der Waals surface area (Å²) in [4.78, 5) is 16.7. The quantitative estimate of drug-likeness (QED) is 0.899. The second kappa shape index (κ2) is 5.41. The van der Waals surface area contributed by atoms with Crippen molar-refractivity contribution in [1.82, 2.24) is 4.98 Å². The molecular formula is C13H11NO2S. The summed E-state index contributed by atoms with van der Waals surface area (Å²) in [6.07, 6.45) is 5.29. The number of pyridine rings is 1. The van der Waals surface area contributed by atoms with Crippen LogP contribution in [0, 0.1) is 0 Å². The van der Waals surface area contributed by atoms with E-state index in [1.54, 1.807) is 23.6 Å². The predicted molar refractivity (Wildman–Crippen MR) is 68.8 cm³/mol. The van der Waals surface area contributed by atoms with Crippen LogP contribution in [0.3, 0.4) is 0 Å². The van der Waals surface area contributed by atoms with Crippen LogP contribution in [0.2, 0.25) is 0 Å². The molecule has 2 heterocycles. The molecule has 2 rings (SSSR count). The minimum absolute atomic E-state index is 0.0524. The van der Waals surface area contributed by atoms with Crippen LogP contribution in [0.5, 0.6) is 0 Å². The standard InChI is InChI=1S/C13H11NO2S/c15-13(16)6-3-4-10-7-8-12(17-10)11-5-1-2-9-14-11/h1-5,7-9H,6H2,(H,15,16). The third kappa shape index (κ3) is 3.26. The molecular weight excluding hydrogens is 234 g/mol. The summed E-state index contributed by atoms with van der Waals surface area (Å²) in [5, 5.41) is 8.52. The molecule has 0 aromatic carbocycles. The zero-order valence-corrected chi connectivity index (χ0v) is 9.85. The Bertz CT molecular complexity index is 531. The lowest BCUT2D eigenvalue weighted by Gasteiger charge is -1.93. The SMILES string of the molecule is O=C(O)CC=Cc1ccc(-c2ccccn2)s1. The highest BCUT2D eigenvalue weighted by atomic mass is 32.1. The number of rotatable bonds is 4. The Kier molecular flexibility index (Phi) is 3.67. The molecule has 17 heavy (non-hydrogen) atoms. The number of carbonyl (C=O) groups is 1. The van der Waals surface area contributed by atoms with Crippen LogP contribution in [0.4, 0.5) is 0 Å². The van der Waals surface area contributed by atoms with Gasteiger partial charge in [0.15, 0.2) is 0 Å².